The summed E-state index contributed by atoms with van der Waals surface area (Å²) in [4.78, 5) is 72.4. The van der Waals surface area contributed by atoms with E-state index in [-0.39, 0.29) is 69.9 Å². The predicted molar refractivity (Wildman–Crippen MR) is 340 cm³/mol. The summed E-state index contributed by atoms with van der Waals surface area (Å²) in [5.41, 5.74) is 9.74. The number of hydrogen-bond donors (Lipinski definition) is 4. The molecule has 0 unspecified atom stereocenters. The minimum Gasteiger partial charge on any atom is -0.496 e. The monoisotopic (exact) mass is 1370 g/mol. The molecule has 0 radical (unpaired) electrons. The highest BCUT2D eigenvalue weighted by molar-refractivity contribution is 14.1. The number of nitrogen functional groups attached to an aromatic ring is 1. The quantitative estimate of drug-likeness (QED) is 0.0456. The molecule has 3 aliphatic carbocycles. The van der Waals surface area contributed by atoms with Crippen molar-refractivity contribution in [2.75, 3.05) is 60.4 Å². The molecule has 24 heteroatoms. The second kappa shape index (κ2) is 29.8. The summed E-state index contributed by atoms with van der Waals surface area (Å²) in [5, 5.41) is 12.4. The Labute approximate surface area is 531 Å². The fourth-order valence-electron chi connectivity index (χ4n) is 11.2. The largest absolute Gasteiger partial charge is 0.496 e. The van der Waals surface area contributed by atoms with Crippen LogP contribution in [0.15, 0.2) is 88.4 Å². The summed E-state index contributed by atoms with van der Waals surface area (Å²) in [6.45, 7) is 10.4. The van der Waals surface area contributed by atoms with Gasteiger partial charge in [0.15, 0.2) is 23.1 Å². The molecule has 1 fully saturated rings. The van der Waals surface area contributed by atoms with E-state index in [1.807, 2.05) is 45.5 Å². The molecule has 2 aliphatic heterocycles. The van der Waals surface area contributed by atoms with Gasteiger partial charge in [-0.1, -0.05) is 96.7 Å². The molecule has 3 aromatic heterocycles. The minimum atomic E-state index is -1.42. The van der Waals surface area contributed by atoms with Crippen LogP contribution in [0.5, 0.6) is 23.0 Å². The molecule has 1 spiro atoms. The van der Waals surface area contributed by atoms with Crippen LogP contribution < -0.4 is 35.9 Å². The van der Waals surface area contributed by atoms with Crippen molar-refractivity contribution in [3.8, 4) is 32.8 Å². The number of carbonyl (C=O) groups is 3. The van der Waals surface area contributed by atoms with Crippen LogP contribution in [-0.2, 0) is 20.7 Å². The first kappa shape index (κ1) is 66.8. The number of aromatic nitrogens is 4. The number of allylic oxidation sites excluding steroid dienone is 1. The van der Waals surface area contributed by atoms with Gasteiger partial charge in [0, 0.05) is 108 Å². The molecule has 1 saturated carbocycles. The Bertz CT molecular complexity index is 3760. The highest BCUT2D eigenvalue weighted by Gasteiger charge is 2.60. The maximum Gasteiger partial charge on any atom is 0.346 e. The first-order valence-corrected chi connectivity index (χ1v) is 30.2. The van der Waals surface area contributed by atoms with Crippen molar-refractivity contribution in [2.45, 2.75) is 90.2 Å². The number of aryl methyl sites for hydroxylation is 1. The number of hydrogen-bond acceptors (Lipinski definition) is 14. The fourth-order valence-corrected chi connectivity index (χ4v) is 12.2. The third-order valence-corrected chi connectivity index (χ3v) is 17.3. The fraction of sp³-hybridized carbons (Fsp3) is 0.387. The van der Waals surface area contributed by atoms with Crippen LogP contribution in [0, 0.1) is 34.4 Å². The number of fused-ring (bicyclic) bond motifs is 3. The number of nitrogens with zero attached hydrogens (tertiary/aromatic N) is 4. The van der Waals surface area contributed by atoms with Gasteiger partial charge in [-0.3, -0.25) is 29.1 Å². The van der Waals surface area contributed by atoms with Crippen LogP contribution in [0.2, 0.25) is 20.1 Å². The molecule has 4 atom stereocenters. The number of likely N-dealkylation sites (N-methyl/N-ethyl adjacent to an activating group) is 1. The maximum atomic E-state index is 13.3. The maximum absolute atomic E-state index is 13.3. The number of benzene rings is 3. The number of amides is 1. The molecule has 458 valence electrons. The summed E-state index contributed by atoms with van der Waals surface area (Å²) in [6, 6.07) is 14.9. The Balaban J connectivity index is 0.000000160. The number of aromatic amines is 2. The summed E-state index contributed by atoms with van der Waals surface area (Å²) in [6.07, 6.45) is 13.5. The van der Waals surface area contributed by atoms with E-state index in [0.29, 0.717) is 44.3 Å². The molecular formula is C62H67Cl4FIN7O11. The van der Waals surface area contributed by atoms with Crippen LogP contribution in [0.3, 0.4) is 0 Å². The van der Waals surface area contributed by atoms with Gasteiger partial charge in [-0.15, -0.1) is 0 Å². The number of nitrogens with two attached hydrogens (primary N) is 1. The number of halogens is 6. The van der Waals surface area contributed by atoms with Crippen LogP contribution >= 0.6 is 69.0 Å². The number of nitrogens with one attached hydrogen (secondary N) is 2. The standard InChI is InChI=1S/C20H25N3O.C17H17ClO6.C12H17NO2.C9H4Cl3IO.C4H4FN3O/c1-4-23(5-2)20(24)14-9-16-15-7-6-8-17-19(15)13(11-21-17)10-18(16)22(3)12-14;1-8-5-9(19)6-12(23-4)17(8)16(20)13-10(21-2)7-11(22-3)14(18)15(13)24-17;1-9-7-11(13(15)12(14)8-9)10-5-3-2-4-6-10;10-6-4-8(12)9(5-7(6)11)14-3-1-2-13;5-2-1-7-4(9)8-3(2)6/h6-9,11,14,18,21H,4-5,10,12H2,1-3H3;6-8H,5H2,1-4H3;7-8,10,15H,2-6H2,1H3;4-5H,3H2;1H,(H3,6,7,8,9)/t14-,18-;8-,17+;;;/m11.../s1. The van der Waals surface area contributed by atoms with Crippen LogP contribution in [0.4, 0.5) is 10.2 Å². The van der Waals surface area contributed by atoms with Gasteiger partial charge >= 0.3 is 5.69 Å². The van der Waals surface area contributed by atoms with E-state index in [0.717, 1.165) is 61.1 Å². The van der Waals surface area contributed by atoms with Gasteiger partial charge in [0.2, 0.25) is 17.3 Å². The van der Waals surface area contributed by atoms with Crippen LogP contribution in [-0.4, -0.2) is 118 Å². The lowest BCUT2D eigenvalue weighted by atomic mass is 9.75. The Morgan fingerprint density at radius 1 is 0.953 bits per heavy atom. The molecule has 18 nitrogen and oxygen atoms in total. The lowest BCUT2D eigenvalue weighted by molar-refractivity contribution is -0.134. The summed E-state index contributed by atoms with van der Waals surface area (Å²) in [5.74, 6) is 2.90. The lowest BCUT2D eigenvalue weighted by Crippen LogP contribution is -2.51. The summed E-state index contributed by atoms with van der Waals surface area (Å²) in [7, 11) is 6.46. The molecule has 5 heterocycles. The Morgan fingerprint density at radius 3 is 2.29 bits per heavy atom. The van der Waals surface area contributed by atoms with Gasteiger partial charge < -0.3 is 44.5 Å². The van der Waals surface area contributed by atoms with E-state index >= 15 is 0 Å². The van der Waals surface area contributed by atoms with Gasteiger partial charge in [-0.05, 0) is 91.5 Å². The number of methoxy groups -OCH3 is 3. The zero-order valence-corrected chi connectivity index (χ0v) is 53.9. The van der Waals surface area contributed by atoms with Gasteiger partial charge in [0.25, 0.3) is 5.56 Å². The van der Waals surface area contributed by atoms with Gasteiger partial charge in [0.05, 0.1) is 54.2 Å². The van der Waals surface area contributed by atoms with Gasteiger partial charge in [-0.2, -0.15) is 9.71 Å². The predicted octanol–water partition coefficient (Wildman–Crippen LogP) is 12.1. The molecule has 0 bridgehead atoms. The molecule has 86 heavy (non-hydrogen) atoms. The molecule has 5 aliphatic rings. The highest BCUT2D eigenvalue weighted by atomic mass is 127. The molecule has 1 amide bonds. The van der Waals surface area contributed by atoms with Crippen molar-refractivity contribution in [3.63, 3.8) is 0 Å². The zero-order chi connectivity index (χ0) is 62.7. The average molecular weight is 1370 g/mol. The molecular weight excluding hydrogens is 1310 g/mol. The third kappa shape index (κ3) is 14.6. The third-order valence-electron chi connectivity index (χ3n) is 15.5. The smallest absolute Gasteiger partial charge is 0.346 e. The van der Waals surface area contributed by atoms with Crippen molar-refractivity contribution in [1.82, 2.24) is 29.5 Å². The molecule has 6 aromatic rings. The van der Waals surface area contributed by atoms with Crippen molar-refractivity contribution >= 4 is 109 Å². The van der Waals surface area contributed by atoms with E-state index < -0.39 is 23.0 Å². The van der Waals surface area contributed by atoms with E-state index in [2.05, 4.69) is 76.1 Å². The lowest BCUT2D eigenvalue weighted by Gasteiger charge is -2.40. The van der Waals surface area contributed by atoms with Gasteiger partial charge in [-0.25, -0.2) is 9.18 Å². The Morgan fingerprint density at radius 2 is 1.65 bits per heavy atom. The minimum absolute atomic E-state index is 0.0445. The summed E-state index contributed by atoms with van der Waals surface area (Å²) >= 11 is 25.7. The number of carbonyl (C=O) groups excluding carboxylic acids is 3. The second-order valence-corrected chi connectivity index (χ2v) is 23.0. The SMILES string of the molecule is CCN(CC)C(=O)[C@@H]1C=C2c3cccc4[nH]cc(c34)C[C@H]2N(C)C1.COC1=CC(=O)C[C@@H](C)[C@]12Oc1c(Cl)c(OC)cc(OC)c1C2=O.Cc1cc(C2CCCCC2)n(O)c(=O)c1.Clc1cc(Cl)c(OCC#CI)cc1Cl.Nc1[nH]c(=O)ncc1F. The number of Topliss-reactive ketones (excluding diaryl/α,β-unsaturated/α-hetero) is 1. The van der Waals surface area contributed by atoms with Crippen LogP contribution in [0.1, 0.15) is 98.0 Å². The average Bonchev–Trinajstić information content (AvgIpc) is 1.61. The van der Waals surface area contributed by atoms with E-state index in [1.54, 1.807) is 13.0 Å². The number of ether oxygens (including phenoxy) is 5. The van der Waals surface area contributed by atoms with Crippen molar-refractivity contribution in [2.24, 2.45) is 11.8 Å². The highest BCUT2D eigenvalue weighted by Crippen LogP contribution is 2.54. The number of anilines is 1. The zero-order valence-electron chi connectivity index (χ0n) is 48.7. The Kier molecular flexibility index (Phi) is 23.1. The topological polar surface area (TPSA) is 234 Å². The number of H-pyrrole nitrogens is 2. The molecule has 3 aromatic carbocycles. The first-order chi connectivity index (χ1) is 41.1. The van der Waals surface area contributed by atoms with Crippen LogP contribution in [0.25, 0.3) is 16.5 Å². The number of rotatable bonds is 9. The van der Waals surface area contributed by atoms with E-state index in [1.165, 1.54) is 92.5 Å². The van der Waals surface area contributed by atoms with Gasteiger partial charge in [0.1, 0.15) is 40.3 Å². The molecule has 5 N–H and O–H groups in total. The number of ketones is 2. The summed E-state index contributed by atoms with van der Waals surface area (Å²) < 4.78 is 42.8. The second-order valence-electron chi connectivity index (χ2n) is 20.8. The van der Waals surface area contributed by atoms with E-state index in [4.69, 9.17) is 75.8 Å². The molecule has 0 saturated heterocycles. The van der Waals surface area contributed by atoms with Crippen molar-refractivity contribution in [3.05, 3.63) is 154 Å². The van der Waals surface area contributed by atoms with Crippen molar-refractivity contribution in [1.29, 1.82) is 0 Å². The molecule has 11 rings (SSSR count). The Hall–Kier alpha value is -6.74. The van der Waals surface area contributed by atoms with E-state index in [9.17, 15) is 33.6 Å². The first-order valence-electron chi connectivity index (χ1n) is 27.6. The number of pyridine rings is 1. The van der Waals surface area contributed by atoms with Crippen molar-refractivity contribution < 1.29 is 47.7 Å². The normalized spacial score (nSPS) is 19.1.